The van der Waals surface area contributed by atoms with E-state index < -0.39 is 0 Å². The maximum Gasteiger partial charge on any atom is 0.234 e. The summed E-state index contributed by atoms with van der Waals surface area (Å²) in [5, 5.41) is 8.91. The van der Waals surface area contributed by atoms with Crippen molar-refractivity contribution < 1.29 is 9.59 Å². The van der Waals surface area contributed by atoms with Crippen LogP contribution in [-0.4, -0.2) is 62.0 Å². The van der Waals surface area contributed by atoms with Gasteiger partial charge in [0.2, 0.25) is 11.8 Å². The van der Waals surface area contributed by atoms with Crippen LogP contribution in [0, 0.1) is 0 Å². The molecule has 1 rings (SSSR count). The van der Waals surface area contributed by atoms with Crippen molar-refractivity contribution in [2.45, 2.75) is 39.2 Å². The van der Waals surface area contributed by atoms with E-state index in [1.165, 1.54) is 13.3 Å². The lowest BCUT2D eigenvalue weighted by molar-refractivity contribution is -0.123. The second kappa shape index (κ2) is 9.72. The molecule has 0 bridgehead atoms. The maximum atomic E-state index is 11.9. The van der Waals surface area contributed by atoms with Crippen molar-refractivity contribution in [1.29, 1.82) is 0 Å². The number of hydrogen-bond acceptors (Lipinski definition) is 4. The average Bonchev–Trinajstić information content (AvgIpc) is 2.44. The minimum absolute atomic E-state index is 0.0365. The summed E-state index contributed by atoms with van der Waals surface area (Å²) in [6.07, 6.45) is 3.39. The molecule has 1 aliphatic rings. The van der Waals surface area contributed by atoms with Gasteiger partial charge in [0.05, 0.1) is 6.54 Å². The number of carbonyl (C=O) groups excluding carboxylic acids is 2. The number of carbonyl (C=O) groups is 2. The third-order valence-corrected chi connectivity index (χ3v) is 3.47. The van der Waals surface area contributed by atoms with Crippen molar-refractivity contribution in [2.75, 3.05) is 39.3 Å². The minimum Gasteiger partial charge on any atom is -0.355 e. The topological polar surface area (TPSA) is 73.5 Å². The highest BCUT2D eigenvalue weighted by Crippen LogP contribution is 2.10. The Morgan fingerprint density at radius 3 is 2.65 bits per heavy atom. The van der Waals surface area contributed by atoms with Crippen LogP contribution in [0.5, 0.6) is 0 Å². The zero-order chi connectivity index (χ0) is 14.8. The zero-order valence-electron chi connectivity index (χ0n) is 12.7. The van der Waals surface area contributed by atoms with Gasteiger partial charge in [0.15, 0.2) is 0 Å². The molecule has 1 atom stereocenters. The fraction of sp³-hybridized carbons (Fsp3) is 0.857. The van der Waals surface area contributed by atoms with Gasteiger partial charge in [0, 0.05) is 32.6 Å². The first-order valence-corrected chi connectivity index (χ1v) is 7.59. The molecular formula is C14H28N4O2. The van der Waals surface area contributed by atoms with E-state index in [9.17, 15) is 9.59 Å². The van der Waals surface area contributed by atoms with Gasteiger partial charge in [0.25, 0.3) is 0 Å². The fourth-order valence-electron chi connectivity index (χ4n) is 2.50. The van der Waals surface area contributed by atoms with Crippen LogP contribution in [0.25, 0.3) is 0 Å². The minimum atomic E-state index is -0.0693. The van der Waals surface area contributed by atoms with Crippen LogP contribution in [0.4, 0.5) is 0 Å². The second-order valence-corrected chi connectivity index (χ2v) is 5.30. The summed E-state index contributed by atoms with van der Waals surface area (Å²) in [6.45, 7) is 8.03. The lowest BCUT2D eigenvalue weighted by Crippen LogP contribution is -2.50. The monoisotopic (exact) mass is 284 g/mol. The van der Waals surface area contributed by atoms with Crippen molar-refractivity contribution in [1.82, 2.24) is 20.9 Å². The molecule has 3 N–H and O–H groups in total. The van der Waals surface area contributed by atoms with Gasteiger partial charge in [-0.3, -0.25) is 14.5 Å². The van der Waals surface area contributed by atoms with Crippen molar-refractivity contribution in [3.05, 3.63) is 0 Å². The first kappa shape index (κ1) is 16.9. The third kappa shape index (κ3) is 6.86. The number of rotatable bonds is 8. The zero-order valence-corrected chi connectivity index (χ0v) is 12.7. The largest absolute Gasteiger partial charge is 0.355 e. The molecule has 6 nitrogen and oxygen atoms in total. The Hall–Kier alpha value is -1.14. The van der Waals surface area contributed by atoms with Crippen LogP contribution in [0.3, 0.4) is 0 Å². The summed E-state index contributed by atoms with van der Waals surface area (Å²) in [7, 11) is 0. The molecule has 0 radical (unpaired) electrons. The highest BCUT2D eigenvalue weighted by molar-refractivity contribution is 5.78. The molecule has 0 saturated carbocycles. The maximum absolute atomic E-state index is 11.9. The van der Waals surface area contributed by atoms with Crippen LogP contribution in [0.2, 0.25) is 0 Å². The van der Waals surface area contributed by atoms with Gasteiger partial charge in [-0.05, 0) is 32.4 Å². The summed E-state index contributed by atoms with van der Waals surface area (Å²) in [6, 6.07) is 0.463. The molecule has 20 heavy (non-hydrogen) atoms. The van der Waals surface area contributed by atoms with Crippen molar-refractivity contribution in [3.63, 3.8) is 0 Å². The van der Waals surface area contributed by atoms with E-state index in [1.54, 1.807) is 0 Å². The van der Waals surface area contributed by atoms with Crippen molar-refractivity contribution in [3.8, 4) is 0 Å². The van der Waals surface area contributed by atoms with Gasteiger partial charge < -0.3 is 16.0 Å². The van der Waals surface area contributed by atoms with Gasteiger partial charge >= 0.3 is 0 Å². The van der Waals surface area contributed by atoms with Gasteiger partial charge in [-0.15, -0.1) is 0 Å². The molecular weight excluding hydrogens is 256 g/mol. The molecule has 1 aliphatic heterocycles. The Bertz CT molecular complexity index is 304. The molecule has 2 amide bonds. The quantitative estimate of drug-likeness (QED) is 0.535. The Balaban J connectivity index is 2.28. The molecule has 116 valence electrons. The summed E-state index contributed by atoms with van der Waals surface area (Å²) < 4.78 is 0. The predicted octanol–water partition coefficient (Wildman–Crippen LogP) is -0.297. The molecule has 1 saturated heterocycles. The average molecular weight is 284 g/mol. The molecule has 0 aromatic carbocycles. The molecule has 0 aromatic rings. The summed E-state index contributed by atoms with van der Waals surface area (Å²) in [4.78, 5) is 24.9. The Morgan fingerprint density at radius 1 is 1.30 bits per heavy atom. The van der Waals surface area contributed by atoms with Gasteiger partial charge in [0.1, 0.15) is 0 Å². The van der Waals surface area contributed by atoms with Crippen molar-refractivity contribution >= 4 is 11.8 Å². The van der Waals surface area contributed by atoms with Crippen LogP contribution in [0.15, 0.2) is 0 Å². The summed E-state index contributed by atoms with van der Waals surface area (Å²) >= 11 is 0. The Labute approximate surface area is 121 Å². The number of nitrogens with one attached hydrogen (secondary N) is 3. The third-order valence-electron chi connectivity index (χ3n) is 3.47. The summed E-state index contributed by atoms with van der Waals surface area (Å²) in [5.74, 6) is -0.0329. The molecule has 1 fully saturated rings. The molecule has 0 aromatic heterocycles. The van der Waals surface area contributed by atoms with E-state index in [4.69, 9.17) is 0 Å². The SMILES string of the molecule is CCCN(CC(=O)NCCNC(C)=O)C1CCCNC1. The van der Waals surface area contributed by atoms with Crippen LogP contribution < -0.4 is 16.0 Å². The van der Waals surface area contributed by atoms with Crippen LogP contribution >= 0.6 is 0 Å². The van der Waals surface area contributed by atoms with Gasteiger partial charge in [-0.25, -0.2) is 0 Å². The number of nitrogens with zero attached hydrogens (tertiary/aromatic N) is 1. The lowest BCUT2D eigenvalue weighted by Gasteiger charge is -2.34. The van der Waals surface area contributed by atoms with Crippen molar-refractivity contribution in [2.24, 2.45) is 0 Å². The lowest BCUT2D eigenvalue weighted by atomic mass is 10.1. The van der Waals surface area contributed by atoms with Crippen LogP contribution in [0.1, 0.15) is 33.1 Å². The Morgan fingerprint density at radius 2 is 2.05 bits per heavy atom. The molecule has 0 aliphatic carbocycles. The number of amides is 2. The first-order valence-electron chi connectivity index (χ1n) is 7.59. The predicted molar refractivity (Wildman–Crippen MR) is 79.4 cm³/mol. The standard InChI is InChI=1S/C14H28N4O2/c1-3-9-18(13-5-4-6-15-10-13)11-14(20)17-8-7-16-12(2)19/h13,15H,3-11H2,1-2H3,(H,16,19)(H,17,20). The van der Waals surface area contributed by atoms with E-state index in [0.29, 0.717) is 25.7 Å². The highest BCUT2D eigenvalue weighted by Gasteiger charge is 2.21. The number of hydrogen-bond donors (Lipinski definition) is 3. The van der Waals surface area contributed by atoms with E-state index in [1.807, 2.05) is 0 Å². The van der Waals surface area contributed by atoms with E-state index >= 15 is 0 Å². The first-order chi connectivity index (χ1) is 9.63. The van der Waals surface area contributed by atoms with E-state index in [2.05, 4.69) is 27.8 Å². The molecule has 0 spiro atoms. The van der Waals surface area contributed by atoms with Gasteiger partial charge in [-0.2, -0.15) is 0 Å². The van der Waals surface area contributed by atoms with Crippen LogP contribution in [-0.2, 0) is 9.59 Å². The summed E-state index contributed by atoms with van der Waals surface area (Å²) in [5.41, 5.74) is 0. The van der Waals surface area contributed by atoms with E-state index in [-0.39, 0.29) is 11.8 Å². The smallest absolute Gasteiger partial charge is 0.234 e. The normalized spacial score (nSPS) is 18.9. The molecule has 1 unspecified atom stereocenters. The Kier molecular flexibility index (Phi) is 8.22. The highest BCUT2D eigenvalue weighted by atomic mass is 16.2. The van der Waals surface area contributed by atoms with E-state index in [0.717, 1.165) is 32.5 Å². The molecule has 6 heteroatoms. The second-order valence-electron chi connectivity index (χ2n) is 5.30. The van der Waals surface area contributed by atoms with Gasteiger partial charge in [-0.1, -0.05) is 6.92 Å². The molecule has 1 heterocycles. The number of piperidine rings is 1. The fourth-order valence-corrected chi connectivity index (χ4v) is 2.50.